The number of amides is 1. The summed E-state index contributed by atoms with van der Waals surface area (Å²) < 4.78 is 5.43. The second-order valence-electron chi connectivity index (χ2n) is 5.59. The van der Waals surface area contributed by atoms with Gasteiger partial charge in [-0.05, 0) is 18.1 Å². The molecule has 1 amide bonds. The number of morpholine rings is 1. The van der Waals surface area contributed by atoms with E-state index < -0.39 is 0 Å². The zero-order valence-corrected chi connectivity index (χ0v) is 13.9. The topological polar surface area (TPSA) is 41.6 Å². The highest BCUT2D eigenvalue weighted by atomic mass is 35.5. The summed E-state index contributed by atoms with van der Waals surface area (Å²) in [5.41, 5.74) is 1.07. The average Bonchev–Trinajstić information content (AvgIpc) is 2.55. The summed E-state index contributed by atoms with van der Waals surface area (Å²) in [7, 11) is 0. The van der Waals surface area contributed by atoms with Gasteiger partial charge in [-0.1, -0.05) is 43.1 Å². The number of carbonyl (C=O) groups excluding carboxylic acids is 1. The third-order valence-electron chi connectivity index (χ3n) is 4.00. The summed E-state index contributed by atoms with van der Waals surface area (Å²) in [5.74, 6) is 0.118. The molecule has 1 saturated heterocycles. The summed E-state index contributed by atoms with van der Waals surface area (Å²) in [6.45, 7) is 5.86. The van der Waals surface area contributed by atoms with Gasteiger partial charge in [0.05, 0.1) is 19.3 Å². The van der Waals surface area contributed by atoms with Crippen molar-refractivity contribution in [1.29, 1.82) is 0 Å². The Morgan fingerprint density at radius 1 is 1.36 bits per heavy atom. The van der Waals surface area contributed by atoms with Crippen molar-refractivity contribution in [2.45, 2.75) is 32.2 Å². The van der Waals surface area contributed by atoms with Gasteiger partial charge in [0.25, 0.3) is 0 Å². The van der Waals surface area contributed by atoms with Crippen molar-refractivity contribution in [3.05, 3.63) is 34.9 Å². The van der Waals surface area contributed by atoms with Crippen LogP contribution in [0.3, 0.4) is 0 Å². The Bertz CT molecular complexity index is 475. The van der Waals surface area contributed by atoms with E-state index in [1.165, 1.54) is 0 Å². The molecule has 0 aliphatic carbocycles. The van der Waals surface area contributed by atoms with Crippen LogP contribution in [-0.4, -0.2) is 43.7 Å². The van der Waals surface area contributed by atoms with E-state index in [1.54, 1.807) is 0 Å². The van der Waals surface area contributed by atoms with Gasteiger partial charge in [0.15, 0.2) is 0 Å². The molecule has 1 fully saturated rings. The van der Waals surface area contributed by atoms with Crippen molar-refractivity contribution >= 4 is 17.5 Å². The summed E-state index contributed by atoms with van der Waals surface area (Å²) >= 11 is 6.37. The third kappa shape index (κ3) is 4.97. The Balaban J connectivity index is 2.05. The van der Waals surface area contributed by atoms with Crippen LogP contribution in [0.2, 0.25) is 5.02 Å². The van der Waals surface area contributed by atoms with Gasteiger partial charge >= 0.3 is 0 Å². The second-order valence-corrected chi connectivity index (χ2v) is 6.00. The Hall–Kier alpha value is -1.10. The number of rotatable bonds is 7. The molecule has 2 rings (SSSR count). The number of benzene rings is 1. The summed E-state index contributed by atoms with van der Waals surface area (Å²) in [6, 6.07) is 7.97. The molecule has 22 heavy (non-hydrogen) atoms. The SMILES string of the molecule is CCCCC(=O)NC[C@H](c1ccccc1Cl)N1CCOCC1. The second kappa shape index (κ2) is 9.13. The number of unbranched alkanes of at least 4 members (excludes halogenated alkanes) is 1. The molecule has 4 nitrogen and oxygen atoms in total. The number of halogens is 1. The zero-order valence-electron chi connectivity index (χ0n) is 13.2. The lowest BCUT2D eigenvalue weighted by molar-refractivity contribution is -0.121. The van der Waals surface area contributed by atoms with Crippen molar-refractivity contribution in [2.24, 2.45) is 0 Å². The molecule has 0 unspecified atom stereocenters. The minimum absolute atomic E-state index is 0.100. The number of carbonyl (C=O) groups is 1. The Kier molecular flexibility index (Phi) is 7.16. The third-order valence-corrected chi connectivity index (χ3v) is 4.34. The standard InChI is InChI=1S/C17H25ClN2O2/c1-2-3-8-17(21)19-13-16(20-9-11-22-12-10-20)14-6-4-5-7-15(14)18/h4-7,16H,2-3,8-13H2,1H3,(H,19,21)/t16-/m1/s1. The molecule has 5 heteroatoms. The quantitative estimate of drug-likeness (QED) is 0.838. The van der Waals surface area contributed by atoms with Gasteiger partial charge in [0, 0.05) is 31.1 Å². The molecule has 1 heterocycles. The number of nitrogens with zero attached hydrogens (tertiary/aromatic N) is 1. The first-order chi connectivity index (χ1) is 10.7. The maximum atomic E-state index is 11.9. The number of hydrogen-bond donors (Lipinski definition) is 1. The highest BCUT2D eigenvalue weighted by Crippen LogP contribution is 2.27. The minimum atomic E-state index is 0.100. The molecular weight excluding hydrogens is 300 g/mol. The van der Waals surface area contributed by atoms with Crippen LogP contribution in [0.25, 0.3) is 0 Å². The van der Waals surface area contributed by atoms with Gasteiger partial charge in [-0.15, -0.1) is 0 Å². The molecule has 1 aliphatic rings. The molecule has 0 aromatic heterocycles. The van der Waals surface area contributed by atoms with E-state index in [1.807, 2.05) is 24.3 Å². The lowest BCUT2D eigenvalue weighted by Crippen LogP contribution is -2.43. The maximum Gasteiger partial charge on any atom is 0.220 e. The van der Waals surface area contributed by atoms with Gasteiger partial charge < -0.3 is 10.1 Å². The number of nitrogens with one attached hydrogen (secondary N) is 1. The van der Waals surface area contributed by atoms with E-state index in [2.05, 4.69) is 17.1 Å². The highest BCUT2D eigenvalue weighted by Gasteiger charge is 2.24. The van der Waals surface area contributed by atoms with Crippen LogP contribution in [-0.2, 0) is 9.53 Å². The molecule has 1 aromatic carbocycles. The van der Waals surface area contributed by atoms with Crippen LogP contribution in [0.4, 0.5) is 0 Å². The summed E-state index contributed by atoms with van der Waals surface area (Å²) in [4.78, 5) is 14.3. The number of ether oxygens (including phenoxy) is 1. The molecule has 1 atom stereocenters. The molecule has 0 bridgehead atoms. The summed E-state index contributed by atoms with van der Waals surface area (Å²) in [6.07, 6.45) is 2.56. The molecule has 0 spiro atoms. The van der Waals surface area contributed by atoms with E-state index in [4.69, 9.17) is 16.3 Å². The van der Waals surface area contributed by atoms with Gasteiger partial charge in [-0.25, -0.2) is 0 Å². The average molecular weight is 325 g/mol. The predicted molar refractivity (Wildman–Crippen MR) is 89.1 cm³/mol. The maximum absolute atomic E-state index is 11.9. The van der Waals surface area contributed by atoms with Crippen molar-refractivity contribution in [2.75, 3.05) is 32.8 Å². The van der Waals surface area contributed by atoms with Gasteiger partial charge in [-0.2, -0.15) is 0 Å². The Morgan fingerprint density at radius 3 is 2.77 bits per heavy atom. The molecule has 1 aromatic rings. The molecule has 0 radical (unpaired) electrons. The molecule has 0 saturated carbocycles. The van der Waals surface area contributed by atoms with Crippen LogP contribution >= 0.6 is 11.6 Å². The van der Waals surface area contributed by atoms with Crippen LogP contribution in [0, 0.1) is 0 Å². The van der Waals surface area contributed by atoms with Gasteiger partial charge in [0.1, 0.15) is 0 Å². The first-order valence-electron chi connectivity index (χ1n) is 8.05. The van der Waals surface area contributed by atoms with Crippen molar-refractivity contribution < 1.29 is 9.53 Å². The van der Waals surface area contributed by atoms with E-state index >= 15 is 0 Å². The van der Waals surface area contributed by atoms with Gasteiger partial charge in [0.2, 0.25) is 5.91 Å². The molecular formula is C17H25ClN2O2. The van der Waals surface area contributed by atoms with Gasteiger partial charge in [-0.3, -0.25) is 9.69 Å². The first-order valence-corrected chi connectivity index (χ1v) is 8.43. The largest absolute Gasteiger partial charge is 0.379 e. The number of hydrogen-bond acceptors (Lipinski definition) is 3. The zero-order chi connectivity index (χ0) is 15.8. The van der Waals surface area contributed by atoms with Crippen LogP contribution in [0.1, 0.15) is 37.8 Å². The molecule has 1 aliphatic heterocycles. The van der Waals surface area contributed by atoms with Crippen LogP contribution in [0.15, 0.2) is 24.3 Å². The molecule has 1 N–H and O–H groups in total. The molecule has 122 valence electrons. The normalized spacial score (nSPS) is 17.2. The first kappa shape index (κ1) is 17.3. The monoisotopic (exact) mass is 324 g/mol. The fraction of sp³-hybridized carbons (Fsp3) is 0.588. The summed E-state index contributed by atoms with van der Waals surface area (Å²) in [5, 5.41) is 3.81. The Labute approximate surface area is 137 Å². The van der Waals surface area contributed by atoms with E-state index in [9.17, 15) is 4.79 Å². The lowest BCUT2D eigenvalue weighted by atomic mass is 10.0. The fourth-order valence-electron chi connectivity index (χ4n) is 2.71. The van der Waals surface area contributed by atoms with E-state index in [-0.39, 0.29) is 11.9 Å². The van der Waals surface area contributed by atoms with E-state index in [0.29, 0.717) is 13.0 Å². The smallest absolute Gasteiger partial charge is 0.220 e. The Morgan fingerprint density at radius 2 is 2.09 bits per heavy atom. The fourth-order valence-corrected chi connectivity index (χ4v) is 2.97. The predicted octanol–water partition coefficient (Wildman–Crippen LogP) is 3.02. The lowest BCUT2D eigenvalue weighted by Gasteiger charge is -2.35. The van der Waals surface area contributed by atoms with Crippen molar-refractivity contribution in [1.82, 2.24) is 10.2 Å². The van der Waals surface area contributed by atoms with Crippen LogP contribution in [0.5, 0.6) is 0 Å². The van der Waals surface area contributed by atoms with E-state index in [0.717, 1.165) is 49.7 Å². The van der Waals surface area contributed by atoms with Crippen molar-refractivity contribution in [3.63, 3.8) is 0 Å². The van der Waals surface area contributed by atoms with Crippen molar-refractivity contribution in [3.8, 4) is 0 Å². The minimum Gasteiger partial charge on any atom is -0.379 e. The highest BCUT2D eigenvalue weighted by molar-refractivity contribution is 6.31. The van der Waals surface area contributed by atoms with Crippen LogP contribution < -0.4 is 5.32 Å².